The summed E-state index contributed by atoms with van der Waals surface area (Å²) in [4.78, 5) is 12.3. The first kappa shape index (κ1) is 13.0. The van der Waals surface area contributed by atoms with E-state index in [0.29, 0.717) is 5.69 Å². The second kappa shape index (κ2) is 5.32. The van der Waals surface area contributed by atoms with Gasteiger partial charge in [-0.3, -0.25) is 4.79 Å². The number of nitrogens with zero attached hydrogens (tertiary/aromatic N) is 3. The molecular weight excluding hydrogens is 253 g/mol. The maximum atomic E-state index is 10.7. The van der Waals surface area contributed by atoms with Crippen molar-refractivity contribution in [2.75, 3.05) is 11.4 Å². The highest BCUT2D eigenvalue weighted by atomic mass is 35.5. The summed E-state index contributed by atoms with van der Waals surface area (Å²) in [6.45, 7) is 3.54. The van der Waals surface area contributed by atoms with Gasteiger partial charge in [-0.25, -0.2) is 0 Å². The molecule has 0 saturated heterocycles. The van der Waals surface area contributed by atoms with Crippen LogP contribution in [0.2, 0.25) is 10.3 Å². The van der Waals surface area contributed by atoms with Crippen LogP contribution in [0.5, 0.6) is 0 Å². The lowest BCUT2D eigenvalue weighted by Gasteiger charge is -2.27. The Bertz CT molecular complexity index is 398. The van der Waals surface area contributed by atoms with Crippen molar-refractivity contribution in [1.82, 2.24) is 10.2 Å². The van der Waals surface area contributed by atoms with Gasteiger partial charge in [-0.1, -0.05) is 23.2 Å². The van der Waals surface area contributed by atoms with Crippen LogP contribution in [0.15, 0.2) is 6.07 Å². The highest BCUT2D eigenvalue weighted by molar-refractivity contribution is 6.33. The molecule has 0 unspecified atom stereocenters. The van der Waals surface area contributed by atoms with Gasteiger partial charge < -0.3 is 10.0 Å². The van der Waals surface area contributed by atoms with Gasteiger partial charge in [-0.05, 0) is 13.8 Å². The molecule has 16 heavy (non-hydrogen) atoms. The zero-order valence-corrected chi connectivity index (χ0v) is 10.3. The summed E-state index contributed by atoms with van der Waals surface area (Å²) in [5, 5.41) is 16.3. The Hall–Kier alpha value is -1.07. The molecule has 1 N–H and O–H groups in total. The zero-order chi connectivity index (χ0) is 12.3. The molecular formula is C9H11Cl2N3O2. The number of anilines is 1. The molecule has 5 nitrogen and oxygen atoms in total. The van der Waals surface area contributed by atoms with Gasteiger partial charge in [0.1, 0.15) is 6.54 Å². The normalized spacial score (nSPS) is 10.6. The third-order valence-electron chi connectivity index (χ3n) is 1.94. The van der Waals surface area contributed by atoms with Crippen molar-refractivity contribution < 1.29 is 9.90 Å². The Morgan fingerprint density at radius 1 is 1.50 bits per heavy atom. The molecule has 7 heteroatoms. The van der Waals surface area contributed by atoms with Crippen LogP contribution in [0.1, 0.15) is 13.8 Å². The number of carboxylic acid groups (broad SMARTS) is 1. The standard InChI is InChI=1S/C9H11Cl2N3O2/c1-5(2)14(4-8(15)16)6-3-7(10)12-13-9(6)11/h3,5H,4H2,1-2H3,(H,15,16). The number of aromatic nitrogens is 2. The molecule has 88 valence electrons. The highest BCUT2D eigenvalue weighted by Crippen LogP contribution is 2.26. The van der Waals surface area contributed by atoms with E-state index < -0.39 is 5.97 Å². The lowest BCUT2D eigenvalue weighted by atomic mass is 10.3. The average molecular weight is 264 g/mol. The predicted molar refractivity (Wildman–Crippen MR) is 62.2 cm³/mol. The Labute approximate surface area is 103 Å². The predicted octanol–water partition coefficient (Wildman–Crippen LogP) is 2.08. The fraction of sp³-hybridized carbons (Fsp3) is 0.444. The average Bonchev–Trinajstić information content (AvgIpc) is 2.18. The molecule has 0 aliphatic carbocycles. The summed E-state index contributed by atoms with van der Waals surface area (Å²) < 4.78 is 0. The minimum atomic E-state index is -0.947. The zero-order valence-electron chi connectivity index (χ0n) is 8.81. The SMILES string of the molecule is CC(C)N(CC(=O)O)c1cc(Cl)nnc1Cl. The molecule has 0 atom stereocenters. The second-order valence-electron chi connectivity index (χ2n) is 3.46. The number of hydrogen-bond donors (Lipinski definition) is 1. The minimum absolute atomic E-state index is 0.0335. The summed E-state index contributed by atoms with van der Waals surface area (Å²) in [5.41, 5.74) is 0.471. The van der Waals surface area contributed by atoms with Crippen molar-refractivity contribution in [3.8, 4) is 0 Å². The van der Waals surface area contributed by atoms with E-state index in [-0.39, 0.29) is 22.9 Å². The van der Waals surface area contributed by atoms with Crippen molar-refractivity contribution in [2.45, 2.75) is 19.9 Å². The molecule has 0 aromatic carbocycles. The van der Waals surface area contributed by atoms with Gasteiger partial charge in [0.15, 0.2) is 10.3 Å². The molecule has 0 aliphatic heterocycles. The smallest absolute Gasteiger partial charge is 0.323 e. The molecule has 0 amide bonds. The van der Waals surface area contributed by atoms with Crippen LogP contribution in [-0.4, -0.2) is 33.9 Å². The fourth-order valence-electron chi connectivity index (χ4n) is 1.24. The molecule has 0 bridgehead atoms. The lowest BCUT2D eigenvalue weighted by Crippen LogP contribution is -2.36. The van der Waals surface area contributed by atoms with Crippen molar-refractivity contribution in [1.29, 1.82) is 0 Å². The minimum Gasteiger partial charge on any atom is -0.480 e. The molecule has 1 aromatic heterocycles. The first-order chi connectivity index (χ1) is 7.41. The van der Waals surface area contributed by atoms with E-state index in [1.165, 1.54) is 6.07 Å². The van der Waals surface area contributed by atoms with Crippen molar-refractivity contribution in [3.05, 3.63) is 16.4 Å². The Morgan fingerprint density at radius 2 is 2.12 bits per heavy atom. The number of rotatable bonds is 4. The topological polar surface area (TPSA) is 66.3 Å². The summed E-state index contributed by atoms with van der Waals surface area (Å²) >= 11 is 11.5. The van der Waals surface area contributed by atoms with Gasteiger partial charge in [-0.15, -0.1) is 10.2 Å². The number of carboxylic acids is 1. The Kier molecular flexibility index (Phi) is 4.32. The van der Waals surface area contributed by atoms with Crippen LogP contribution in [0.4, 0.5) is 5.69 Å². The summed E-state index contributed by atoms with van der Waals surface area (Å²) in [7, 11) is 0. The highest BCUT2D eigenvalue weighted by Gasteiger charge is 2.18. The first-order valence-corrected chi connectivity index (χ1v) is 5.34. The van der Waals surface area contributed by atoms with Crippen LogP contribution in [0.25, 0.3) is 0 Å². The van der Waals surface area contributed by atoms with E-state index in [2.05, 4.69) is 10.2 Å². The van der Waals surface area contributed by atoms with Crippen molar-refractivity contribution in [3.63, 3.8) is 0 Å². The maximum Gasteiger partial charge on any atom is 0.323 e. The third-order valence-corrected chi connectivity index (χ3v) is 2.39. The fourth-order valence-corrected chi connectivity index (χ4v) is 1.58. The molecule has 0 fully saturated rings. The maximum absolute atomic E-state index is 10.7. The monoisotopic (exact) mass is 263 g/mol. The van der Waals surface area contributed by atoms with Crippen LogP contribution in [0.3, 0.4) is 0 Å². The molecule has 0 spiro atoms. The molecule has 0 radical (unpaired) electrons. The third kappa shape index (κ3) is 3.21. The first-order valence-electron chi connectivity index (χ1n) is 4.59. The van der Waals surface area contributed by atoms with Crippen LogP contribution in [-0.2, 0) is 4.79 Å². The molecule has 1 aromatic rings. The largest absolute Gasteiger partial charge is 0.480 e. The number of carbonyl (C=O) groups is 1. The Morgan fingerprint density at radius 3 is 2.62 bits per heavy atom. The summed E-state index contributed by atoms with van der Waals surface area (Å²) in [6, 6.07) is 1.47. The number of aliphatic carboxylic acids is 1. The van der Waals surface area contributed by atoms with Gasteiger partial charge in [0, 0.05) is 12.1 Å². The Balaban J connectivity index is 3.09. The van der Waals surface area contributed by atoms with Gasteiger partial charge in [0.25, 0.3) is 0 Å². The van der Waals surface area contributed by atoms with E-state index in [9.17, 15) is 4.79 Å². The van der Waals surface area contributed by atoms with E-state index in [0.717, 1.165) is 0 Å². The molecule has 0 aliphatic rings. The van der Waals surface area contributed by atoms with Crippen LogP contribution < -0.4 is 4.90 Å². The summed E-state index contributed by atoms with van der Waals surface area (Å²) in [5.74, 6) is -0.947. The molecule has 1 heterocycles. The van der Waals surface area contributed by atoms with E-state index in [1.54, 1.807) is 4.90 Å². The van der Waals surface area contributed by atoms with Crippen LogP contribution in [0, 0.1) is 0 Å². The van der Waals surface area contributed by atoms with Gasteiger partial charge in [-0.2, -0.15) is 0 Å². The quantitative estimate of drug-likeness (QED) is 0.901. The summed E-state index contributed by atoms with van der Waals surface area (Å²) in [6.07, 6.45) is 0. The number of halogens is 2. The van der Waals surface area contributed by atoms with Crippen molar-refractivity contribution in [2.24, 2.45) is 0 Å². The lowest BCUT2D eigenvalue weighted by molar-refractivity contribution is -0.135. The van der Waals surface area contributed by atoms with E-state index in [4.69, 9.17) is 28.3 Å². The van der Waals surface area contributed by atoms with Gasteiger partial charge in [0.05, 0.1) is 5.69 Å². The molecule has 1 rings (SSSR count). The van der Waals surface area contributed by atoms with E-state index >= 15 is 0 Å². The van der Waals surface area contributed by atoms with Gasteiger partial charge >= 0.3 is 5.97 Å². The van der Waals surface area contributed by atoms with Crippen LogP contribution >= 0.6 is 23.2 Å². The second-order valence-corrected chi connectivity index (χ2v) is 4.20. The number of hydrogen-bond acceptors (Lipinski definition) is 4. The molecule has 0 saturated carbocycles. The van der Waals surface area contributed by atoms with Gasteiger partial charge in [0.2, 0.25) is 0 Å². The van der Waals surface area contributed by atoms with E-state index in [1.807, 2.05) is 13.8 Å². The van der Waals surface area contributed by atoms with Crippen molar-refractivity contribution >= 4 is 34.9 Å².